The number of aliphatic hydroxyl groups excluding tert-OH is 1. The third-order valence-electron chi connectivity index (χ3n) is 3.87. The van der Waals surface area contributed by atoms with Crippen LogP contribution >= 0.6 is 0 Å². The van der Waals surface area contributed by atoms with Crippen molar-refractivity contribution in [1.82, 2.24) is 10.2 Å². The van der Waals surface area contributed by atoms with Crippen LogP contribution in [0.2, 0.25) is 0 Å². The molecule has 0 bridgehead atoms. The van der Waals surface area contributed by atoms with Crippen molar-refractivity contribution < 1.29 is 9.84 Å². The zero-order valence-electron chi connectivity index (χ0n) is 13.1. The molecule has 1 rings (SSSR count). The van der Waals surface area contributed by atoms with E-state index in [0.717, 1.165) is 26.2 Å². The summed E-state index contributed by atoms with van der Waals surface area (Å²) in [6.07, 6.45) is 2.36. The quantitative estimate of drug-likeness (QED) is 0.702. The van der Waals surface area contributed by atoms with Gasteiger partial charge in [0.2, 0.25) is 0 Å². The molecule has 0 spiro atoms. The van der Waals surface area contributed by atoms with Gasteiger partial charge in [-0.3, -0.25) is 0 Å². The molecule has 4 heteroatoms. The molecule has 3 unspecified atom stereocenters. The number of β-amino-alcohol motifs (C(OH)–C–C–N with tert-alkyl or cyclic N) is 1. The van der Waals surface area contributed by atoms with E-state index in [2.05, 4.69) is 24.1 Å². The van der Waals surface area contributed by atoms with Crippen LogP contribution in [0.1, 0.15) is 40.5 Å². The number of aliphatic hydroxyl groups is 1. The summed E-state index contributed by atoms with van der Waals surface area (Å²) in [5.74, 6) is 0.701. The van der Waals surface area contributed by atoms with E-state index in [4.69, 9.17) is 4.74 Å². The first kappa shape index (κ1) is 16.9. The van der Waals surface area contributed by atoms with Crippen LogP contribution < -0.4 is 5.32 Å². The molecule has 0 amide bonds. The van der Waals surface area contributed by atoms with E-state index in [0.29, 0.717) is 18.6 Å². The molecule has 19 heavy (non-hydrogen) atoms. The van der Waals surface area contributed by atoms with Crippen LogP contribution in [-0.2, 0) is 4.74 Å². The number of ether oxygens (including phenoxy) is 1. The highest BCUT2D eigenvalue weighted by atomic mass is 16.5. The van der Waals surface area contributed by atoms with Crippen molar-refractivity contribution >= 4 is 0 Å². The maximum Gasteiger partial charge on any atom is 0.0900 e. The van der Waals surface area contributed by atoms with Gasteiger partial charge in [-0.15, -0.1) is 0 Å². The van der Waals surface area contributed by atoms with Gasteiger partial charge in [0.15, 0.2) is 0 Å². The highest BCUT2D eigenvalue weighted by Crippen LogP contribution is 2.19. The lowest BCUT2D eigenvalue weighted by atomic mass is 9.91. The lowest BCUT2D eigenvalue weighted by Gasteiger charge is -2.37. The molecule has 0 aromatic heterocycles. The van der Waals surface area contributed by atoms with Gasteiger partial charge in [0.05, 0.1) is 18.8 Å². The summed E-state index contributed by atoms with van der Waals surface area (Å²) >= 11 is 0. The Bertz CT molecular complexity index is 236. The van der Waals surface area contributed by atoms with Gasteiger partial charge in [0.25, 0.3) is 0 Å². The summed E-state index contributed by atoms with van der Waals surface area (Å²) < 4.78 is 5.47. The van der Waals surface area contributed by atoms with Crippen LogP contribution in [0.5, 0.6) is 0 Å². The minimum Gasteiger partial charge on any atom is -0.389 e. The smallest absolute Gasteiger partial charge is 0.0900 e. The molecule has 1 fully saturated rings. The van der Waals surface area contributed by atoms with E-state index in [1.165, 1.54) is 12.8 Å². The number of hydrogen-bond donors (Lipinski definition) is 2. The van der Waals surface area contributed by atoms with Crippen LogP contribution in [0, 0.1) is 5.92 Å². The number of piperidine rings is 1. The van der Waals surface area contributed by atoms with Crippen molar-refractivity contribution in [2.24, 2.45) is 5.92 Å². The second kappa shape index (κ2) is 8.90. The van der Waals surface area contributed by atoms with Crippen molar-refractivity contribution in [3.05, 3.63) is 0 Å². The molecule has 1 aliphatic rings. The van der Waals surface area contributed by atoms with Gasteiger partial charge >= 0.3 is 0 Å². The van der Waals surface area contributed by atoms with Crippen LogP contribution in [0.15, 0.2) is 0 Å². The second-order valence-electron chi connectivity index (χ2n) is 6.04. The molecular weight excluding hydrogens is 240 g/mol. The Kier molecular flexibility index (Phi) is 7.91. The number of nitrogens with zero attached hydrogens (tertiary/aromatic N) is 1. The van der Waals surface area contributed by atoms with E-state index < -0.39 is 0 Å². The highest BCUT2D eigenvalue weighted by Gasteiger charge is 2.25. The SMILES string of the molecule is CCNC(C)C1CCCN(CC(O)COC(C)C)C1. The number of nitrogens with one attached hydrogen (secondary N) is 1. The Morgan fingerprint density at radius 3 is 2.74 bits per heavy atom. The van der Waals surface area contributed by atoms with Gasteiger partial charge in [-0.1, -0.05) is 6.92 Å². The van der Waals surface area contributed by atoms with Crippen molar-refractivity contribution in [2.75, 3.05) is 32.8 Å². The van der Waals surface area contributed by atoms with Gasteiger partial charge in [-0.05, 0) is 52.6 Å². The lowest BCUT2D eigenvalue weighted by molar-refractivity contribution is -0.0145. The summed E-state index contributed by atoms with van der Waals surface area (Å²) in [6, 6.07) is 0.567. The van der Waals surface area contributed by atoms with Crippen LogP contribution in [0.3, 0.4) is 0 Å². The maximum absolute atomic E-state index is 10.00. The van der Waals surface area contributed by atoms with Crippen LogP contribution in [0.25, 0.3) is 0 Å². The summed E-state index contributed by atoms with van der Waals surface area (Å²) in [5.41, 5.74) is 0. The third-order valence-corrected chi connectivity index (χ3v) is 3.87. The fourth-order valence-electron chi connectivity index (χ4n) is 2.81. The van der Waals surface area contributed by atoms with E-state index in [-0.39, 0.29) is 12.2 Å². The molecule has 2 N–H and O–H groups in total. The lowest BCUT2D eigenvalue weighted by Crippen LogP contribution is -2.47. The molecule has 0 aliphatic carbocycles. The topological polar surface area (TPSA) is 44.7 Å². The number of rotatable bonds is 8. The molecule has 4 nitrogen and oxygen atoms in total. The van der Waals surface area contributed by atoms with Gasteiger partial charge in [-0.25, -0.2) is 0 Å². The zero-order chi connectivity index (χ0) is 14.3. The molecule has 1 saturated heterocycles. The molecule has 0 aromatic carbocycles. The minimum absolute atomic E-state index is 0.192. The van der Waals surface area contributed by atoms with E-state index in [1.807, 2.05) is 13.8 Å². The summed E-state index contributed by atoms with van der Waals surface area (Å²) in [6.45, 7) is 12.8. The first-order valence-electron chi connectivity index (χ1n) is 7.78. The summed E-state index contributed by atoms with van der Waals surface area (Å²) in [7, 11) is 0. The highest BCUT2D eigenvalue weighted by molar-refractivity contribution is 4.81. The summed E-state index contributed by atoms with van der Waals surface area (Å²) in [4.78, 5) is 2.39. The van der Waals surface area contributed by atoms with Gasteiger partial charge in [0.1, 0.15) is 0 Å². The Morgan fingerprint density at radius 1 is 1.37 bits per heavy atom. The van der Waals surface area contributed by atoms with E-state index in [9.17, 15) is 5.11 Å². The van der Waals surface area contributed by atoms with Crippen molar-refractivity contribution in [3.63, 3.8) is 0 Å². The first-order chi connectivity index (χ1) is 9.02. The molecule has 114 valence electrons. The fraction of sp³-hybridized carbons (Fsp3) is 1.00. The minimum atomic E-state index is -0.365. The third kappa shape index (κ3) is 6.70. The average molecular weight is 272 g/mol. The zero-order valence-corrected chi connectivity index (χ0v) is 13.1. The van der Waals surface area contributed by atoms with Crippen molar-refractivity contribution in [1.29, 1.82) is 0 Å². The largest absolute Gasteiger partial charge is 0.389 e. The number of likely N-dealkylation sites (tertiary alicyclic amines) is 1. The van der Waals surface area contributed by atoms with Crippen molar-refractivity contribution in [2.45, 2.75) is 58.8 Å². The Morgan fingerprint density at radius 2 is 2.11 bits per heavy atom. The second-order valence-corrected chi connectivity index (χ2v) is 6.04. The Hall–Kier alpha value is -0.160. The molecule has 0 saturated carbocycles. The van der Waals surface area contributed by atoms with Gasteiger partial charge in [-0.2, -0.15) is 0 Å². The number of hydrogen-bond acceptors (Lipinski definition) is 4. The Labute approximate surface area is 118 Å². The molecule has 0 aromatic rings. The van der Waals surface area contributed by atoms with Gasteiger partial charge < -0.3 is 20.1 Å². The molecule has 0 radical (unpaired) electrons. The van der Waals surface area contributed by atoms with Gasteiger partial charge in [0, 0.05) is 19.1 Å². The summed E-state index contributed by atoms with van der Waals surface area (Å²) in [5, 5.41) is 13.5. The van der Waals surface area contributed by atoms with Crippen LogP contribution in [-0.4, -0.2) is 61.0 Å². The Balaban J connectivity index is 2.29. The fourth-order valence-corrected chi connectivity index (χ4v) is 2.81. The standard InChI is InChI=1S/C15H32N2O2/c1-5-16-13(4)14-7-6-8-17(9-14)10-15(18)11-19-12(2)3/h12-16,18H,5-11H2,1-4H3. The maximum atomic E-state index is 10.00. The predicted octanol–water partition coefficient (Wildman–Crippen LogP) is 1.48. The molecule has 3 atom stereocenters. The molecule has 1 heterocycles. The van der Waals surface area contributed by atoms with Crippen molar-refractivity contribution in [3.8, 4) is 0 Å². The van der Waals surface area contributed by atoms with Crippen LogP contribution in [0.4, 0.5) is 0 Å². The van der Waals surface area contributed by atoms with E-state index in [1.54, 1.807) is 0 Å². The average Bonchev–Trinajstić information content (AvgIpc) is 2.37. The molecular formula is C15H32N2O2. The normalized spacial score (nSPS) is 24.6. The first-order valence-corrected chi connectivity index (χ1v) is 7.78. The monoisotopic (exact) mass is 272 g/mol. The van der Waals surface area contributed by atoms with E-state index >= 15 is 0 Å². The molecule has 1 aliphatic heterocycles. The predicted molar refractivity (Wildman–Crippen MR) is 79.4 cm³/mol.